The van der Waals surface area contributed by atoms with Crippen LogP contribution in [0.1, 0.15) is 25.7 Å². The fourth-order valence-electron chi connectivity index (χ4n) is 0.678. The summed E-state index contributed by atoms with van der Waals surface area (Å²) in [6, 6.07) is 0. The standard InChI is InChI=1S/C6H9.BrH.Mg/c1-2-4-6-5-3-1;;/h1H,2,4-6H2;1H;/q-1;;+2/p-1. The van der Waals surface area contributed by atoms with Crippen LogP contribution in [-0.4, -0.2) is 23.1 Å². The van der Waals surface area contributed by atoms with E-state index in [1.807, 2.05) is 0 Å². The third kappa shape index (κ3) is 5.13. The minimum Gasteiger partial charge on any atom is -1.00 e. The zero-order valence-electron chi connectivity index (χ0n) is 4.99. The van der Waals surface area contributed by atoms with Crippen molar-refractivity contribution in [3.8, 4) is 0 Å². The molecule has 0 spiro atoms. The third-order valence-electron chi connectivity index (χ3n) is 1.06. The van der Waals surface area contributed by atoms with Crippen LogP contribution in [-0.2, 0) is 0 Å². The van der Waals surface area contributed by atoms with Crippen LogP contribution in [0, 0.1) is 6.08 Å². The quantitative estimate of drug-likeness (QED) is 0.320. The Morgan fingerprint density at radius 1 is 1.25 bits per heavy atom. The maximum Gasteiger partial charge on any atom is 2.00 e. The van der Waals surface area contributed by atoms with E-state index in [1.54, 1.807) is 0 Å². The van der Waals surface area contributed by atoms with Gasteiger partial charge in [0.05, 0.1) is 0 Å². The van der Waals surface area contributed by atoms with Crippen molar-refractivity contribution < 1.29 is 17.0 Å². The first-order valence-corrected chi connectivity index (χ1v) is 2.55. The van der Waals surface area contributed by atoms with Crippen LogP contribution >= 0.6 is 0 Å². The summed E-state index contributed by atoms with van der Waals surface area (Å²) in [6.07, 6.45) is 10.5. The summed E-state index contributed by atoms with van der Waals surface area (Å²) in [5.41, 5.74) is 0. The molecule has 0 aliphatic heterocycles. The van der Waals surface area contributed by atoms with Gasteiger partial charge in [-0.2, -0.15) is 6.42 Å². The zero-order valence-corrected chi connectivity index (χ0v) is 7.99. The van der Waals surface area contributed by atoms with Crippen LogP contribution in [0.2, 0.25) is 0 Å². The molecule has 0 aromatic carbocycles. The maximum absolute atomic E-state index is 3.16. The minimum atomic E-state index is 0. The molecule has 0 atom stereocenters. The van der Waals surface area contributed by atoms with Crippen molar-refractivity contribution in [1.82, 2.24) is 0 Å². The molecule has 1 aliphatic carbocycles. The molecule has 0 bridgehead atoms. The number of halogens is 1. The summed E-state index contributed by atoms with van der Waals surface area (Å²) in [5.74, 6) is 0. The monoisotopic (exact) mass is 184 g/mol. The molecule has 0 radical (unpaired) electrons. The van der Waals surface area contributed by atoms with E-state index in [2.05, 4.69) is 12.2 Å². The molecule has 2 heteroatoms. The van der Waals surface area contributed by atoms with Gasteiger partial charge in [-0.25, -0.2) is 0 Å². The Hall–Kier alpha value is 0.986. The van der Waals surface area contributed by atoms with Crippen LogP contribution < -0.4 is 17.0 Å². The van der Waals surface area contributed by atoms with E-state index in [0.717, 1.165) is 0 Å². The number of hydrogen-bond acceptors (Lipinski definition) is 0. The smallest absolute Gasteiger partial charge is 1.00 e. The van der Waals surface area contributed by atoms with Gasteiger partial charge in [0.25, 0.3) is 0 Å². The largest absolute Gasteiger partial charge is 2.00 e. The summed E-state index contributed by atoms with van der Waals surface area (Å²) in [7, 11) is 0. The average molecular weight is 185 g/mol. The van der Waals surface area contributed by atoms with Crippen molar-refractivity contribution in [1.29, 1.82) is 0 Å². The molecule has 1 rings (SSSR count). The first-order chi connectivity index (χ1) is 3.00. The minimum absolute atomic E-state index is 0. The van der Waals surface area contributed by atoms with Gasteiger partial charge >= 0.3 is 23.1 Å². The van der Waals surface area contributed by atoms with Gasteiger partial charge in [0.15, 0.2) is 0 Å². The third-order valence-corrected chi connectivity index (χ3v) is 1.06. The Morgan fingerprint density at radius 3 is 2.12 bits per heavy atom. The van der Waals surface area contributed by atoms with E-state index in [1.165, 1.54) is 25.7 Å². The number of allylic oxidation sites excluding steroid dienone is 2. The van der Waals surface area contributed by atoms with E-state index in [4.69, 9.17) is 0 Å². The van der Waals surface area contributed by atoms with E-state index in [-0.39, 0.29) is 40.0 Å². The Morgan fingerprint density at radius 2 is 2.00 bits per heavy atom. The Bertz CT molecular complexity index is 53.5. The van der Waals surface area contributed by atoms with Gasteiger partial charge < -0.3 is 23.1 Å². The summed E-state index contributed by atoms with van der Waals surface area (Å²) in [4.78, 5) is 0. The van der Waals surface area contributed by atoms with Crippen LogP contribution in [0.25, 0.3) is 0 Å². The summed E-state index contributed by atoms with van der Waals surface area (Å²) in [5, 5.41) is 0. The molecule has 0 fully saturated rings. The second kappa shape index (κ2) is 7.99. The van der Waals surface area contributed by atoms with Gasteiger partial charge in [0.2, 0.25) is 0 Å². The Labute approximate surface area is 77.7 Å². The molecule has 1 aliphatic rings. The van der Waals surface area contributed by atoms with Gasteiger partial charge in [0.1, 0.15) is 0 Å². The van der Waals surface area contributed by atoms with Crippen molar-refractivity contribution >= 4 is 23.1 Å². The number of hydrogen-bond donors (Lipinski definition) is 0. The molecule has 0 aromatic rings. The second-order valence-electron chi connectivity index (χ2n) is 1.65. The SMILES string of the molecule is [Br-].[C-]1=CCCCC1.[Mg+2]. The molecule has 8 heavy (non-hydrogen) atoms. The molecule has 0 aromatic heterocycles. The van der Waals surface area contributed by atoms with Crippen molar-refractivity contribution in [2.75, 3.05) is 0 Å². The fourth-order valence-corrected chi connectivity index (χ4v) is 0.678. The van der Waals surface area contributed by atoms with Gasteiger partial charge in [0, 0.05) is 0 Å². The Kier molecular flexibility index (Phi) is 11.7. The first kappa shape index (κ1) is 11.7. The molecular weight excluding hydrogens is 176 g/mol. The molecule has 0 nitrogen and oxygen atoms in total. The molecule has 0 unspecified atom stereocenters. The van der Waals surface area contributed by atoms with Crippen molar-refractivity contribution in [3.05, 3.63) is 12.2 Å². The van der Waals surface area contributed by atoms with Crippen LogP contribution in [0.15, 0.2) is 6.08 Å². The molecular formula is C6H9BrMg. The molecule has 0 saturated heterocycles. The van der Waals surface area contributed by atoms with Crippen molar-refractivity contribution in [2.45, 2.75) is 25.7 Å². The second-order valence-corrected chi connectivity index (χ2v) is 1.65. The van der Waals surface area contributed by atoms with E-state index in [0.29, 0.717) is 0 Å². The molecule has 42 valence electrons. The van der Waals surface area contributed by atoms with E-state index < -0.39 is 0 Å². The maximum atomic E-state index is 3.16. The van der Waals surface area contributed by atoms with Crippen molar-refractivity contribution in [2.24, 2.45) is 0 Å². The number of rotatable bonds is 0. The molecule has 0 amide bonds. The fraction of sp³-hybridized carbons (Fsp3) is 0.667. The molecule has 0 N–H and O–H groups in total. The predicted molar refractivity (Wildman–Crippen MR) is 32.0 cm³/mol. The van der Waals surface area contributed by atoms with E-state index >= 15 is 0 Å². The van der Waals surface area contributed by atoms with Crippen LogP contribution in [0.5, 0.6) is 0 Å². The summed E-state index contributed by atoms with van der Waals surface area (Å²) >= 11 is 0. The van der Waals surface area contributed by atoms with Crippen LogP contribution in [0.3, 0.4) is 0 Å². The molecule has 0 saturated carbocycles. The van der Waals surface area contributed by atoms with Crippen LogP contribution in [0.4, 0.5) is 0 Å². The molecule has 0 heterocycles. The zero-order chi connectivity index (χ0) is 4.24. The normalized spacial score (nSPS) is 16.0. The predicted octanol–water partition coefficient (Wildman–Crippen LogP) is -1.46. The van der Waals surface area contributed by atoms with Gasteiger partial charge in [-0.1, -0.05) is 19.3 Å². The summed E-state index contributed by atoms with van der Waals surface area (Å²) in [6.45, 7) is 0. The summed E-state index contributed by atoms with van der Waals surface area (Å²) < 4.78 is 0. The topological polar surface area (TPSA) is 0 Å². The van der Waals surface area contributed by atoms with Gasteiger partial charge in [-0.05, 0) is 0 Å². The van der Waals surface area contributed by atoms with E-state index in [9.17, 15) is 0 Å². The van der Waals surface area contributed by atoms with Gasteiger partial charge in [-0.3, -0.25) is 6.08 Å². The Balaban J connectivity index is 0. The first-order valence-electron chi connectivity index (χ1n) is 2.55. The average Bonchev–Trinajstić information content (AvgIpc) is 1.72. The van der Waals surface area contributed by atoms with Gasteiger partial charge in [-0.15, -0.1) is 0 Å². The van der Waals surface area contributed by atoms with Crippen molar-refractivity contribution in [3.63, 3.8) is 0 Å².